The molecule has 168 valence electrons. The number of rotatable bonds is 5. The van der Waals surface area contributed by atoms with Crippen molar-refractivity contribution >= 4 is 17.1 Å². The van der Waals surface area contributed by atoms with Crippen molar-refractivity contribution in [1.82, 2.24) is 0 Å². The molecule has 1 unspecified atom stereocenters. The third-order valence-corrected chi connectivity index (χ3v) is 7.34. The fourth-order valence-corrected chi connectivity index (χ4v) is 4.93. The SMILES string of the molecule is COC1CCC2(CC1)Cc1ccc(OCCC(F)(F)F)cc1/C2=N/[S+]([O-])C(C)(C)C. The average molecular weight is 446 g/mol. The van der Waals surface area contributed by atoms with E-state index in [0.717, 1.165) is 48.9 Å². The Kier molecular flexibility index (Phi) is 6.80. The molecule has 30 heavy (non-hydrogen) atoms. The second kappa shape index (κ2) is 8.71. The largest absolute Gasteiger partial charge is 0.591 e. The van der Waals surface area contributed by atoms with Gasteiger partial charge in [-0.2, -0.15) is 13.2 Å². The van der Waals surface area contributed by atoms with Crippen LogP contribution in [0, 0.1) is 5.41 Å². The van der Waals surface area contributed by atoms with Gasteiger partial charge in [-0.1, -0.05) is 10.5 Å². The smallest absolute Gasteiger partial charge is 0.392 e. The first-order valence-corrected chi connectivity index (χ1v) is 11.4. The normalized spacial score (nSPS) is 26.8. The molecular weight excluding hydrogens is 415 g/mol. The van der Waals surface area contributed by atoms with Crippen LogP contribution in [-0.2, 0) is 22.5 Å². The number of hydrogen-bond donors (Lipinski definition) is 0. The van der Waals surface area contributed by atoms with Gasteiger partial charge in [-0.25, -0.2) is 0 Å². The molecule has 1 saturated carbocycles. The van der Waals surface area contributed by atoms with Gasteiger partial charge >= 0.3 is 6.18 Å². The molecular formula is C22H30F3NO3S. The van der Waals surface area contributed by atoms with Crippen LogP contribution in [0.3, 0.4) is 0 Å². The molecule has 0 saturated heterocycles. The van der Waals surface area contributed by atoms with Crippen LogP contribution in [0.25, 0.3) is 0 Å². The van der Waals surface area contributed by atoms with E-state index in [1.165, 1.54) is 0 Å². The second-order valence-corrected chi connectivity index (χ2v) is 11.1. The van der Waals surface area contributed by atoms with Crippen molar-refractivity contribution in [2.24, 2.45) is 9.81 Å². The minimum atomic E-state index is -4.25. The number of fused-ring (bicyclic) bond motifs is 1. The summed E-state index contributed by atoms with van der Waals surface area (Å²) >= 11 is -1.43. The lowest BCUT2D eigenvalue weighted by atomic mass is 9.70. The maximum atomic E-state index is 12.9. The lowest BCUT2D eigenvalue weighted by Gasteiger charge is -2.37. The van der Waals surface area contributed by atoms with Crippen molar-refractivity contribution in [3.63, 3.8) is 0 Å². The summed E-state index contributed by atoms with van der Waals surface area (Å²) in [5.41, 5.74) is 2.54. The van der Waals surface area contributed by atoms with Gasteiger partial charge in [-0.3, -0.25) is 0 Å². The average Bonchev–Trinajstić information content (AvgIpc) is 2.93. The van der Waals surface area contributed by atoms with Crippen LogP contribution in [0.4, 0.5) is 13.2 Å². The minimum Gasteiger partial charge on any atom is -0.591 e. The van der Waals surface area contributed by atoms with Crippen molar-refractivity contribution in [3.8, 4) is 5.75 Å². The van der Waals surface area contributed by atoms with E-state index in [-0.39, 0.29) is 11.5 Å². The summed E-state index contributed by atoms with van der Waals surface area (Å²) in [6.07, 6.45) is -0.675. The van der Waals surface area contributed by atoms with Gasteiger partial charge in [0.2, 0.25) is 0 Å². The summed E-state index contributed by atoms with van der Waals surface area (Å²) in [7, 11) is 1.72. The number of methoxy groups -OCH3 is 1. The molecule has 4 nitrogen and oxygen atoms in total. The minimum absolute atomic E-state index is 0.205. The number of nitrogens with zero attached hydrogens (tertiary/aromatic N) is 1. The maximum absolute atomic E-state index is 12.9. The molecule has 1 atom stereocenters. The molecule has 1 aromatic rings. The van der Waals surface area contributed by atoms with Crippen LogP contribution >= 0.6 is 0 Å². The van der Waals surface area contributed by atoms with E-state index < -0.39 is 35.3 Å². The van der Waals surface area contributed by atoms with Gasteiger partial charge < -0.3 is 14.0 Å². The molecule has 0 heterocycles. The van der Waals surface area contributed by atoms with E-state index in [0.29, 0.717) is 5.75 Å². The van der Waals surface area contributed by atoms with Gasteiger partial charge in [0.05, 0.1) is 19.1 Å². The highest BCUT2D eigenvalue weighted by atomic mass is 32.2. The number of benzene rings is 1. The summed E-state index contributed by atoms with van der Waals surface area (Å²) in [5, 5.41) is 0. The zero-order valence-corrected chi connectivity index (χ0v) is 18.8. The Labute approximate surface area is 179 Å². The van der Waals surface area contributed by atoms with Gasteiger partial charge in [0.1, 0.15) is 27.6 Å². The third-order valence-electron chi connectivity index (χ3n) is 5.94. The van der Waals surface area contributed by atoms with Gasteiger partial charge in [0.25, 0.3) is 0 Å². The summed E-state index contributed by atoms with van der Waals surface area (Å²) in [6.45, 7) is 5.22. The second-order valence-electron chi connectivity index (χ2n) is 9.23. The van der Waals surface area contributed by atoms with E-state index in [1.54, 1.807) is 19.2 Å². The number of hydrogen-bond acceptors (Lipinski definition) is 4. The van der Waals surface area contributed by atoms with Crippen LogP contribution in [0.1, 0.15) is 64.0 Å². The topological polar surface area (TPSA) is 53.9 Å². The molecule has 1 fully saturated rings. The molecule has 8 heteroatoms. The fraction of sp³-hybridized carbons (Fsp3) is 0.682. The number of alkyl halides is 3. The predicted molar refractivity (Wildman–Crippen MR) is 112 cm³/mol. The Bertz CT molecular complexity index is 781. The molecule has 0 aromatic heterocycles. The van der Waals surface area contributed by atoms with E-state index in [1.807, 2.05) is 26.8 Å². The number of ether oxygens (including phenoxy) is 2. The first-order valence-electron chi connectivity index (χ1n) is 10.3. The Morgan fingerprint density at radius 1 is 1.20 bits per heavy atom. The van der Waals surface area contributed by atoms with E-state index in [9.17, 15) is 17.7 Å². The standard InChI is InChI=1S/C22H30F3NO3S/c1-20(2,3)30(27)26-19-18-13-17(29-12-11-22(23,24)25)6-5-15(18)14-21(19)9-7-16(28-4)8-10-21/h5-6,13,16H,7-12,14H2,1-4H3/b26-19-. The molecule has 0 aliphatic heterocycles. The van der Waals surface area contributed by atoms with Crippen molar-refractivity contribution in [2.75, 3.05) is 13.7 Å². The van der Waals surface area contributed by atoms with Crippen molar-refractivity contribution in [2.45, 2.75) is 76.3 Å². The van der Waals surface area contributed by atoms with Gasteiger partial charge in [0.15, 0.2) is 0 Å². The zero-order valence-electron chi connectivity index (χ0n) is 18.0. The van der Waals surface area contributed by atoms with Gasteiger partial charge in [0, 0.05) is 18.1 Å². The van der Waals surface area contributed by atoms with Crippen LogP contribution in [-0.4, -0.2) is 41.0 Å². The summed E-state index contributed by atoms with van der Waals surface area (Å²) < 4.78 is 65.3. The van der Waals surface area contributed by atoms with Crippen LogP contribution in [0.15, 0.2) is 22.6 Å². The monoisotopic (exact) mass is 445 g/mol. The predicted octanol–water partition coefficient (Wildman–Crippen LogP) is 5.40. The Morgan fingerprint density at radius 2 is 1.87 bits per heavy atom. The van der Waals surface area contributed by atoms with Crippen molar-refractivity contribution in [3.05, 3.63) is 29.3 Å². The quantitative estimate of drug-likeness (QED) is 0.570. The first kappa shape index (κ1) is 23.4. The zero-order chi connectivity index (χ0) is 22.2. The molecule has 2 aliphatic rings. The van der Waals surface area contributed by atoms with E-state index in [4.69, 9.17) is 9.47 Å². The lowest BCUT2D eigenvalue weighted by molar-refractivity contribution is -0.139. The van der Waals surface area contributed by atoms with Crippen LogP contribution in [0.2, 0.25) is 0 Å². The van der Waals surface area contributed by atoms with Gasteiger partial charge in [-0.15, -0.1) is 0 Å². The van der Waals surface area contributed by atoms with Crippen molar-refractivity contribution < 1.29 is 27.2 Å². The Balaban J connectivity index is 1.91. The molecule has 0 bridgehead atoms. The van der Waals surface area contributed by atoms with E-state index >= 15 is 0 Å². The summed E-state index contributed by atoms with van der Waals surface area (Å²) in [5.74, 6) is 0.384. The molecule has 1 aromatic carbocycles. The van der Waals surface area contributed by atoms with Crippen molar-refractivity contribution in [1.29, 1.82) is 0 Å². The summed E-state index contributed by atoms with van der Waals surface area (Å²) in [6, 6.07) is 5.39. The maximum Gasteiger partial charge on any atom is 0.392 e. The molecule has 0 amide bonds. The Morgan fingerprint density at radius 3 is 2.43 bits per heavy atom. The first-order chi connectivity index (χ1) is 13.9. The highest BCUT2D eigenvalue weighted by Gasteiger charge is 2.48. The highest BCUT2D eigenvalue weighted by molar-refractivity contribution is 7.91. The number of halogens is 3. The highest BCUT2D eigenvalue weighted by Crippen LogP contribution is 2.49. The lowest BCUT2D eigenvalue weighted by Crippen LogP contribution is -2.37. The molecule has 1 spiro atoms. The molecule has 2 aliphatic carbocycles. The van der Waals surface area contributed by atoms with Gasteiger partial charge in [-0.05, 0) is 70.6 Å². The fourth-order valence-electron chi connectivity index (χ4n) is 4.20. The summed E-state index contributed by atoms with van der Waals surface area (Å²) in [4.78, 5) is 0. The molecule has 0 N–H and O–H groups in total. The Hall–Kier alpha value is -1.25. The van der Waals surface area contributed by atoms with Crippen LogP contribution in [0.5, 0.6) is 5.75 Å². The molecule has 3 rings (SSSR count). The van der Waals surface area contributed by atoms with E-state index in [2.05, 4.69) is 4.40 Å². The third kappa shape index (κ3) is 5.32. The molecule has 0 radical (unpaired) electrons. The van der Waals surface area contributed by atoms with Crippen LogP contribution < -0.4 is 4.74 Å².